The molecule has 0 spiro atoms. The molecule has 0 saturated carbocycles. The van der Waals surface area contributed by atoms with Crippen molar-refractivity contribution in [3.8, 4) is 0 Å². The minimum absolute atomic E-state index is 0.783. The first-order chi connectivity index (χ1) is 6.27. The van der Waals surface area contributed by atoms with Crippen molar-refractivity contribution in [2.75, 3.05) is 0 Å². The van der Waals surface area contributed by atoms with Crippen molar-refractivity contribution in [1.29, 1.82) is 0 Å². The molecule has 70 valence electrons. The highest BCUT2D eigenvalue weighted by Gasteiger charge is 1.96. The van der Waals surface area contributed by atoms with Crippen LogP contribution < -0.4 is 0 Å². The Morgan fingerprint density at radius 1 is 1.15 bits per heavy atom. The summed E-state index contributed by atoms with van der Waals surface area (Å²) in [6.45, 7) is 13.2. The Morgan fingerprint density at radius 2 is 1.77 bits per heavy atom. The maximum atomic E-state index is 3.93. The monoisotopic (exact) mass is 176 g/mol. The van der Waals surface area contributed by atoms with Crippen LogP contribution in [0.5, 0.6) is 0 Å². The van der Waals surface area contributed by atoms with Crippen LogP contribution in [0.4, 0.5) is 0 Å². The molecule has 0 aliphatic rings. The standard InChI is InChI=1S/C9H10N2.C2H6/c1-4-8-6-7(3)10-11-9(8)5-2;1-2/h4-6H,1-2H2,3H3;1-2H3. The van der Waals surface area contributed by atoms with E-state index in [2.05, 4.69) is 23.4 Å². The van der Waals surface area contributed by atoms with Gasteiger partial charge in [0.05, 0.1) is 11.4 Å². The number of nitrogens with zero attached hydrogens (tertiary/aromatic N) is 2. The molecule has 1 aromatic rings. The molecule has 1 rings (SSSR count). The Kier molecular flexibility index (Phi) is 5.44. The maximum absolute atomic E-state index is 3.93. The largest absolute Gasteiger partial charge is 0.155 e. The Bertz CT molecular complexity index is 290. The van der Waals surface area contributed by atoms with E-state index in [0.29, 0.717) is 0 Å². The van der Waals surface area contributed by atoms with E-state index in [-0.39, 0.29) is 0 Å². The lowest BCUT2D eigenvalue weighted by Crippen LogP contribution is -1.92. The van der Waals surface area contributed by atoms with E-state index in [9.17, 15) is 0 Å². The number of hydrogen-bond donors (Lipinski definition) is 0. The van der Waals surface area contributed by atoms with Gasteiger partial charge in [0.15, 0.2) is 0 Å². The summed E-state index contributed by atoms with van der Waals surface area (Å²) in [6, 6.07) is 1.93. The number of aromatic nitrogens is 2. The summed E-state index contributed by atoms with van der Waals surface area (Å²) < 4.78 is 0. The number of aryl methyl sites for hydroxylation is 1. The van der Waals surface area contributed by atoms with Gasteiger partial charge in [-0.2, -0.15) is 10.2 Å². The second-order valence-corrected chi connectivity index (χ2v) is 2.23. The quantitative estimate of drug-likeness (QED) is 0.692. The van der Waals surface area contributed by atoms with Gasteiger partial charge in [0, 0.05) is 5.56 Å². The molecule has 2 heteroatoms. The molecule has 2 nitrogen and oxygen atoms in total. The van der Waals surface area contributed by atoms with E-state index in [1.807, 2.05) is 26.8 Å². The summed E-state index contributed by atoms with van der Waals surface area (Å²) in [4.78, 5) is 0. The first-order valence-corrected chi connectivity index (χ1v) is 4.37. The van der Waals surface area contributed by atoms with Crippen LogP contribution in [0.15, 0.2) is 19.2 Å². The predicted octanol–water partition coefficient (Wildman–Crippen LogP) is 3.10. The van der Waals surface area contributed by atoms with E-state index >= 15 is 0 Å². The van der Waals surface area contributed by atoms with Gasteiger partial charge in [0.25, 0.3) is 0 Å². The number of hydrogen-bond acceptors (Lipinski definition) is 2. The lowest BCUT2D eigenvalue weighted by molar-refractivity contribution is 0.966. The zero-order valence-electron chi connectivity index (χ0n) is 8.54. The highest BCUT2D eigenvalue weighted by molar-refractivity contribution is 5.59. The van der Waals surface area contributed by atoms with Crippen LogP contribution >= 0.6 is 0 Å². The van der Waals surface area contributed by atoms with E-state index in [0.717, 1.165) is 17.0 Å². The normalized spacial score (nSPS) is 8.23. The fourth-order valence-electron chi connectivity index (χ4n) is 0.840. The van der Waals surface area contributed by atoms with Gasteiger partial charge in [0.2, 0.25) is 0 Å². The van der Waals surface area contributed by atoms with Crippen LogP contribution in [0.2, 0.25) is 0 Å². The van der Waals surface area contributed by atoms with Crippen molar-refractivity contribution in [2.45, 2.75) is 20.8 Å². The molecule has 0 fully saturated rings. The summed E-state index contributed by atoms with van der Waals surface area (Å²) in [5.74, 6) is 0. The molecule has 1 aromatic heterocycles. The van der Waals surface area contributed by atoms with Crippen LogP contribution in [-0.2, 0) is 0 Å². The highest BCUT2D eigenvalue weighted by Crippen LogP contribution is 2.08. The minimum Gasteiger partial charge on any atom is -0.155 e. The molecule has 1 heterocycles. The smallest absolute Gasteiger partial charge is 0.0923 e. The van der Waals surface area contributed by atoms with Gasteiger partial charge >= 0.3 is 0 Å². The summed E-state index contributed by atoms with van der Waals surface area (Å²) in [5, 5.41) is 7.82. The fourth-order valence-corrected chi connectivity index (χ4v) is 0.840. The first-order valence-electron chi connectivity index (χ1n) is 4.37. The van der Waals surface area contributed by atoms with Gasteiger partial charge in [-0.15, -0.1) is 0 Å². The maximum Gasteiger partial charge on any atom is 0.0923 e. The molecule has 0 bridgehead atoms. The molecule has 13 heavy (non-hydrogen) atoms. The van der Waals surface area contributed by atoms with Crippen molar-refractivity contribution in [3.05, 3.63) is 36.2 Å². The molecule has 0 aliphatic carbocycles. The predicted molar refractivity (Wildman–Crippen MR) is 58.3 cm³/mol. The average Bonchev–Trinajstić information content (AvgIpc) is 2.20. The van der Waals surface area contributed by atoms with E-state index in [1.54, 1.807) is 12.2 Å². The Morgan fingerprint density at radius 3 is 2.23 bits per heavy atom. The topological polar surface area (TPSA) is 25.8 Å². The molecule has 0 unspecified atom stereocenters. The molecule has 0 amide bonds. The Balaban J connectivity index is 0.000000671. The van der Waals surface area contributed by atoms with Gasteiger partial charge in [0.1, 0.15) is 0 Å². The zero-order valence-corrected chi connectivity index (χ0v) is 8.54. The van der Waals surface area contributed by atoms with Crippen LogP contribution in [0.25, 0.3) is 12.2 Å². The van der Waals surface area contributed by atoms with Crippen LogP contribution in [0.3, 0.4) is 0 Å². The third-order valence-electron chi connectivity index (χ3n) is 1.39. The summed E-state index contributed by atoms with van der Waals surface area (Å²) in [5.41, 5.74) is 2.66. The second kappa shape index (κ2) is 6.12. The molecular weight excluding hydrogens is 160 g/mol. The summed E-state index contributed by atoms with van der Waals surface area (Å²) in [7, 11) is 0. The number of rotatable bonds is 2. The van der Waals surface area contributed by atoms with E-state index < -0.39 is 0 Å². The molecule has 0 N–H and O–H groups in total. The van der Waals surface area contributed by atoms with Crippen molar-refractivity contribution >= 4 is 12.2 Å². The van der Waals surface area contributed by atoms with Crippen LogP contribution in [-0.4, -0.2) is 10.2 Å². The van der Waals surface area contributed by atoms with Crippen LogP contribution in [0, 0.1) is 6.92 Å². The molecular formula is C11H16N2. The second-order valence-electron chi connectivity index (χ2n) is 2.23. The SMILES string of the molecule is C=Cc1cc(C)nnc1C=C.CC. The van der Waals surface area contributed by atoms with Crippen molar-refractivity contribution < 1.29 is 0 Å². The first kappa shape index (κ1) is 11.6. The Labute approximate surface area is 80.0 Å². The van der Waals surface area contributed by atoms with Gasteiger partial charge < -0.3 is 0 Å². The lowest BCUT2D eigenvalue weighted by atomic mass is 10.2. The van der Waals surface area contributed by atoms with Gasteiger partial charge in [-0.3, -0.25) is 0 Å². The molecule has 0 atom stereocenters. The summed E-state index contributed by atoms with van der Waals surface area (Å²) >= 11 is 0. The van der Waals surface area contributed by atoms with Gasteiger partial charge in [-0.25, -0.2) is 0 Å². The third-order valence-corrected chi connectivity index (χ3v) is 1.39. The van der Waals surface area contributed by atoms with Crippen molar-refractivity contribution in [2.24, 2.45) is 0 Å². The van der Waals surface area contributed by atoms with Gasteiger partial charge in [-0.05, 0) is 19.1 Å². The van der Waals surface area contributed by atoms with E-state index in [4.69, 9.17) is 0 Å². The van der Waals surface area contributed by atoms with Crippen molar-refractivity contribution in [3.63, 3.8) is 0 Å². The molecule has 0 aliphatic heterocycles. The van der Waals surface area contributed by atoms with E-state index in [1.165, 1.54) is 0 Å². The fraction of sp³-hybridized carbons (Fsp3) is 0.273. The van der Waals surface area contributed by atoms with Gasteiger partial charge in [-0.1, -0.05) is 33.1 Å². The highest BCUT2D eigenvalue weighted by atomic mass is 15.1. The zero-order chi connectivity index (χ0) is 10.3. The minimum atomic E-state index is 0.783. The lowest BCUT2D eigenvalue weighted by Gasteiger charge is -1.98. The average molecular weight is 176 g/mol. The van der Waals surface area contributed by atoms with Crippen molar-refractivity contribution in [1.82, 2.24) is 10.2 Å². The Hall–Kier alpha value is -1.44. The third kappa shape index (κ3) is 3.20. The van der Waals surface area contributed by atoms with Crippen LogP contribution in [0.1, 0.15) is 30.8 Å². The summed E-state index contributed by atoms with van der Waals surface area (Å²) in [6.07, 6.45) is 3.42. The molecule has 0 saturated heterocycles. The molecule has 0 aromatic carbocycles. The molecule has 0 radical (unpaired) electrons.